The first-order valence-electron chi connectivity index (χ1n) is 10.4. The van der Waals surface area contributed by atoms with Crippen molar-refractivity contribution in [2.24, 2.45) is 5.92 Å². The number of hydrogen-bond donors (Lipinski definition) is 0. The van der Waals surface area contributed by atoms with E-state index in [0.717, 1.165) is 5.56 Å². The van der Waals surface area contributed by atoms with E-state index < -0.39 is 0 Å². The Morgan fingerprint density at radius 1 is 1.18 bits per heavy atom. The summed E-state index contributed by atoms with van der Waals surface area (Å²) in [6, 6.07) is 12.5. The van der Waals surface area contributed by atoms with Crippen LogP contribution in [0.15, 0.2) is 48.8 Å². The number of nitrogens with zero attached hydrogens (tertiary/aromatic N) is 5. The van der Waals surface area contributed by atoms with Crippen LogP contribution in [-0.4, -0.2) is 45.0 Å². The van der Waals surface area contributed by atoms with E-state index in [9.17, 15) is 4.79 Å². The van der Waals surface area contributed by atoms with Gasteiger partial charge in [-0.3, -0.25) is 4.79 Å². The molecule has 33 heavy (non-hydrogen) atoms. The number of carbonyl (C=O) groups is 1. The summed E-state index contributed by atoms with van der Waals surface area (Å²) in [5.41, 5.74) is 1.80. The van der Waals surface area contributed by atoms with E-state index in [2.05, 4.69) is 15.0 Å². The topological polar surface area (TPSA) is 92.0 Å². The summed E-state index contributed by atoms with van der Waals surface area (Å²) in [4.78, 5) is 27.6. The van der Waals surface area contributed by atoms with Gasteiger partial charge >= 0.3 is 0 Å². The van der Waals surface area contributed by atoms with E-state index in [1.807, 2.05) is 25.1 Å². The lowest BCUT2D eigenvalue weighted by molar-refractivity contribution is 0.0763. The molecule has 1 amide bonds. The third kappa shape index (κ3) is 5.08. The number of ether oxygens (including phenoxy) is 1. The lowest BCUT2D eigenvalue weighted by Crippen LogP contribution is -2.32. The number of nitriles is 1. The minimum atomic E-state index is -0.269. The second kappa shape index (κ2) is 9.74. The van der Waals surface area contributed by atoms with E-state index in [4.69, 9.17) is 33.2 Å². The van der Waals surface area contributed by atoms with E-state index in [1.165, 1.54) is 6.20 Å². The Hall–Kier alpha value is -3.21. The van der Waals surface area contributed by atoms with E-state index in [0.29, 0.717) is 46.1 Å². The van der Waals surface area contributed by atoms with Crippen LogP contribution >= 0.6 is 23.2 Å². The van der Waals surface area contributed by atoms with Gasteiger partial charge in [-0.25, -0.2) is 15.0 Å². The second-order valence-electron chi connectivity index (χ2n) is 7.96. The first-order chi connectivity index (χ1) is 15.9. The maximum atomic E-state index is 13.2. The number of hydrogen-bond acceptors (Lipinski definition) is 6. The van der Waals surface area contributed by atoms with Gasteiger partial charge in [0.05, 0.1) is 15.6 Å². The van der Waals surface area contributed by atoms with Crippen molar-refractivity contribution < 1.29 is 9.53 Å². The minimum Gasteiger partial charge on any atom is -0.474 e. The van der Waals surface area contributed by atoms with Crippen LogP contribution in [-0.2, 0) is 0 Å². The highest BCUT2D eigenvalue weighted by molar-refractivity contribution is 6.42. The molecule has 0 saturated carbocycles. The molecule has 168 valence electrons. The van der Waals surface area contributed by atoms with Gasteiger partial charge in [-0.15, -0.1) is 0 Å². The number of pyridine rings is 1. The van der Waals surface area contributed by atoms with Gasteiger partial charge in [0.1, 0.15) is 23.7 Å². The zero-order chi connectivity index (χ0) is 23.5. The molecule has 2 aromatic heterocycles. The summed E-state index contributed by atoms with van der Waals surface area (Å²) >= 11 is 12.4. The Labute approximate surface area is 202 Å². The molecule has 1 fully saturated rings. The Bertz CT molecular complexity index is 1210. The highest BCUT2D eigenvalue weighted by Gasteiger charge is 2.41. The fraction of sp³-hybridized carbons (Fsp3) is 0.292. The molecule has 0 radical (unpaired) electrons. The van der Waals surface area contributed by atoms with Crippen LogP contribution in [0.2, 0.25) is 10.0 Å². The van der Waals surface area contributed by atoms with E-state index >= 15 is 0 Å². The third-order valence-corrected chi connectivity index (χ3v) is 6.53. The maximum absolute atomic E-state index is 13.2. The monoisotopic (exact) mass is 481 g/mol. The molecular weight excluding hydrogens is 461 g/mol. The van der Waals surface area contributed by atoms with Crippen LogP contribution in [0.3, 0.4) is 0 Å². The highest BCUT2D eigenvalue weighted by atomic mass is 35.5. The zero-order valence-electron chi connectivity index (χ0n) is 18.1. The van der Waals surface area contributed by atoms with E-state index in [1.54, 1.807) is 42.3 Å². The number of rotatable bonds is 5. The van der Waals surface area contributed by atoms with Gasteiger partial charge in [0, 0.05) is 43.4 Å². The standard InChI is InChI=1S/C24H21Cl2N5O2/c1-14(33-23-6-3-16(10-27)11-29-23)18-12-31(24(32)22-7-8-28-15(2)30-22)13-19(18)17-4-5-20(25)21(26)9-17/h3-9,11,14,18-19H,12-13H2,1-2H3. The fourth-order valence-electron chi connectivity index (χ4n) is 4.10. The van der Waals surface area contributed by atoms with Crippen LogP contribution in [0, 0.1) is 24.2 Å². The number of aromatic nitrogens is 3. The maximum Gasteiger partial charge on any atom is 0.272 e. The average Bonchev–Trinajstić information content (AvgIpc) is 3.26. The van der Waals surface area contributed by atoms with Crippen LogP contribution in [0.5, 0.6) is 5.88 Å². The summed E-state index contributed by atoms with van der Waals surface area (Å²) in [6.45, 7) is 4.67. The molecule has 1 aromatic carbocycles. The van der Waals surface area contributed by atoms with Crippen LogP contribution in [0.25, 0.3) is 0 Å². The number of amides is 1. The highest BCUT2D eigenvalue weighted by Crippen LogP contribution is 2.38. The predicted molar refractivity (Wildman–Crippen MR) is 124 cm³/mol. The molecule has 0 aliphatic carbocycles. The number of likely N-dealkylation sites (tertiary alicyclic amines) is 1. The van der Waals surface area contributed by atoms with Crippen molar-refractivity contribution in [2.75, 3.05) is 13.1 Å². The molecule has 3 unspecified atom stereocenters. The van der Waals surface area contributed by atoms with Crippen molar-refractivity contribution in [1.29, 1.82) is 5.26 Å². The summed E-state index contributed by atoms with van der Waals surface area (Å²) < 4.78 is 6.11. The van der Waals surface area contributed by atoms with Gasteiger partial charge in [-0.1, -0.05) is 29.3 Å². The normalized spacial score (nSPS) is 18.6. The molecule has 3 heterocycles. The molecule has 1 saturated heterocycles. The molecule has 0 N–H and O–H groups in total. The number of halogens is 2. The molecular formula is C24H21Cl2N5O2. The van der Waals surface area contributed by atoms with Gasteiger partial charge in [0.25, 0.3) is 5.91 Å². The molecule has 3 aromatic rings. The predicted octanol–water partition coefficient (Wildman–Crippen LogP) is 4.68. The smallest absolute Gasteiger partial charge is 0.272 e. The number of aryl methyl sites for hydroxylation is 1. The summed E-state index contributed by atoms with van der Waals surface area (Å²) in [7, 11) is 0. The largest absolute Gasteiger partial charge is 0.474 e. The molecule has 0 spiro atoms. The molecule has 0 bridgehead atoms. The summed E-state index contributed by atoms with van der Waals surface area (Å²) in [6.07, 6.45) is 2.79. The quantitative estimate of drug-likeness (QED) is 0.525. The molecule has 3 atom stereocenters. The lowest BCUT2D eigenvalue weighted by Gasteiger charge is -2.25. The van der Waals surface area contributed by atoms with Gasteiger partial charge in [-0.2, -0.15) is 5.26 Å². The SMILES string of the molecule is Cc1nccc(C(=O)N2CC(c3ccc(Cl)c(Cl)c3)C(C(C)Oc3ccc(C#N)cn3)C2)n1. The molecule has 1 aliphatic heterocycles. The Morgan fingerprint density at radius 3 is 2.67 bits per heavy atom. The van der Waals surface area contributed by atoms with Crippen molar-refractivity contribution in [2.45, 2.75) is 25.9 Å². The van der Waals surface area contributed by atoms with E-state index in [-0.39, 0.29) is 23.8 Å². The van der Waals surface area contributed by atoms with Crippen LogP contribution in [0.1, 0.15) is 40.3 Å². The average molecular weight is 482 g/mol. The lowest BCUT2D eigenvalue weighted by atomic mass is 9.86. The summed E-state index contributed by atoms with van der Waals surface area (Å²) in [5, 5.41) is 9.92. The summed E-state index contributed by atoms with van der Waals surface area (Å²) in [5.74, 6) is 0.746. The first-order valence-corrected chi connectivity index (χ1v) is 11.2. The zero-order valence-corrected chi connectivity index (χ0v) is 19.6. The van der Waals surface area contributed by atoms with Gasteiger partial charge < -0.3 is 9.64 Å². The van der Waals surface area contributed by atoms with Crippen molar-refractivity contribution in [1.82, 2.24) is 19.9 Å². The van der Waals surface area contributed by atoms with Crippen molar-refractivity contribution >= 4 is 29.1 Å². The molecule has 9 heteroatoms. The van der Waals surface area contributed by atoms with Gasteiger partial charge in [0.15, 0.2) is 0 Å². The van der Waals surface area contributed by atoms with Gasteiger partial charge in [0.2, 0.25) is 5.88 Å². The van der Waals surface area contributed by atoms with Crippen LogP contribution < -0.4 is 4.74 Å². The Balaban J connectivity index is 1.61. The van der Waals surface area contributed by atoms with Crippen LogP contribution in [0.4, 0.5) is 0 Å². The Morgan fingerprint density at radius 2 is 2.00 bits per heavy atom. The van der Waals surface area contributed by atoms with Crippen molar-refractivity contribution in [3.8, 4) is 11.9 Å². The fourth-order valence-corrected chi connectivity index (χ4v) is 4.40. The van der Waals surface area contributed by atoms with Crippen molar-refractivity contribution in [3.05, 3.63) is 81.5 Å². The number of benzene rings is 1. The minimum absolute atomic E-state index is 0.0277. The number of carbonyl (C=O) groups excluding carboxylic acids is 1. The molecule has 7 nitrogen and oxygen atoms in total. The molecule has 4 rings (SSSR count). The second-order valence-corrected chi connectivity index (χ2v) is 8.78. The molecule has 1 aliphatic rings. The Kier molecular flexibility index (Phi) is 6.77. The van der Waals surface area contributed by atoms with Crippen molar-refractivity contribution in [3.63, 3.8) is 0 Å². The third-order valence-electron chi connectivity index (χ3n) is 5.79. The first kappa shape index (κ1) is 23.0. The van der Waals surface area contributed by atoms with Gasteiger partial charge in [-0.05, 0) is 43.7 Å².